The topological polar surface area (TPSA) is 152 Å². The summed E-state index contributed by atoms with van der Waals surface area (Å²) in [5, 5.41) is 46.2. The monoisotopic (exact) mass is 727 g/mol. The molecule has 6 aromatic rings. The Balaban J connectivity index is 1.37. The third-order valence-electron chi connectivity index (χ3n) is 9.79. The van der Waals surface area contributed by atoms with Crippen molar-refractivity contribution in [3.05, 3.63) is 158 Å². The average Bonchev–Trinajstić information content (AvgIpc) is 3.10. The second-order valence-electron chi connectivity index (χ2n) is 13.8. The van der Waals surface area contributed by atoms with E-state index in [1.54, 1.807) is 30.5 Å². The van der Waals surface area contributed by atoms with Gasteiger partial charge in [0, 0.05) is 55.1 Å². The number of para-hydroxylation sites is 1. The molecule has 7 rings (SSSR count). The van der Waals surface area contributed by atoms with Crippen molar-refractivity contribution in [2.24, 2.45) is 7.05 Å². The van der Waals surface area contributed by atoms with Crippen molar-refractivity contribution in [3.63, 3.8) is 0 Å². The molecule has 1 aliphatic carbocycles. The van der Waals surface area contributed by atoms with Crippen LogP contribution in [0.15, 0.2) is 96.2 Å². The van der Waals surface area contributed by atoms with Crippen LogP contribution in [0.1, 0.15) is 66.8 Å². The number of aryl methyl sites for hydroxylation is 3. The fourth-order valence-corrected chi connectivity index (χ4v) is 7.65. The van der Waals surface area contributed by atoms with Crippen molar-refractivity contribution in [2.75, 3.05) is 0 Å². The van der Waals surface area contributed by atoms with E-state index < -0.39 is 15.0 Å². The molecule has 9 nitrogen and oxygen atoms in total. The molecule has 53 heavy (non-hydrogen) atoms. The molecule has 2 aromatic heterocycles. The molecular formula is C43H39N2O7S+. The normalized spacial score (nSPS) is 13.0. The second kappa shape index (κ2) is 13.9. The molecule has 2 heterocycles. The van der Waals surface area contributed by atoms with Crippen LogP contribution in [0.5, 0.6) is 23.0 Å². The van der Waals surface area contributed by atoms with Crippen molar-refractivity contribution in [2.45, 2.75) is 44.4 Å². The number of phenols is 4. The molecule has 1 aliphatic rings. The van der Waals surface area contributed by atoms with Crippen LogP contribution in [-0.2, 0) is 42.8 Å². The van der Waals surface area contributed by atoms with Gasteiger partial charge in [0.2, 0.25) is 5.69 Å². The van der Waals surface area contributed by atoms with Gasteiger partial charge >= 0.3 is 0 Å². The Labute approximate surface area is 308 Å². The molecule has 0 atom stereocenters. The summed E-state index contributed by atoms with van der Waals surface area (Å²) in [7, 11) is -2.68. The van der Waals surface area contributed by atoms with Gasteiger partial charge in [-0.15, -0.1) is 0 Å². The lowest BCUT2D eigenvalue weighted by atomic mass is 9.90. The van der Waals surface area contributed by atoms with Crippen molar-refractivity contribution >= 4 is 22.3 Å². The van der Waals surface area contributed by atoms with E-state index >= 15 is 0 Å². The van der Waals surface area contributed by atoms with E-state index in [9.17, 15) is 33.4 Å². The first-order valence-corrected chi connectivity index (χ1v) is 18.6. The maximum absolute atomic E-state index is 12.3. The summed E-state index contributed by atoms with van der Waals surface area (Å²) in [6.45, 7) is 3.90. The molecule has 0 saturated heterocycles. The van der Waals surface area contributed by atoms with Gasteiger partial charge < -0.3 is 20.4 Å². The highest BCUT2D eigenvalue weighted by atomic mass is 32.2. The first kappa shape index (κ1) is 35.4. The number of aromatic hydroxyl groups is 4. The van der Waals surface area contributed by atoms with Crippen LogP contribution in [0.2, 0.25) is 0 Å². The number of nitrogens with zero attached hydrogens (tertiary/aromatic N) is 2. The summed E-state index contributed by atoms with van der Waals surface area (Å²) in [5.74, 6) is -0.278. The zero-order chi connectivity index (χ0) is 37.6. The highest BCUT2D eigenvalue weighted by Gasteiger charge is 2.23. The minimum atomic E-state index is -4.65. The summed E-state index contributed by atoms with van der Waals surface area (Å²) in [6.07, 6.45) is 7.93. The Bertz CT molecular complexity index is 2580. The Morgan fingerprint density at radius 1 is 0.604 bits per heavy atom. The molecule has 0 saturated carbocycles. The summed E-state index contributed by atoms with van der Waals surface area (Å²) < 4.78 is 36.6. The van der Waals surface area contributed by atoms with Crippen molar-refractivity contribution in [1.82, 2.24) is 4.98 Å². The summed E-state index contributed by atoms with van der Waals surface area (Å²) >= 11 is 0. The van der Waals surface area contributed by atoms with Gasteiger partial charge in [-0.2, -0.15) is 13.0 Å². The number of fused-ring (bicyclic) bond motifs is 8. The van der Waals surface area contributed by atoms with Crippen molar-refractivity contribution < 1.29 is 38.0 Å². The molecule has 0 radical (unpaired) electrons. The van der Waals surface area contributed by atoms with Gasteiger partial charge in [-0.05, 0) is 100 Å². The molecule has 8 bridgehead atoms. The lowest BCUT2D eigenvalue weighted by molar-refractivity contribution is -0.660. The average molecular weight is 728 g/mol. The number of aromatic nitrogens is 2. The van der Waals surface area contributed by atoms with E-state index in [4.69, 9.17) is 0 Å². The van der Waals surface area contributed by atoms with Crippen LogP contribution < -0.4 is 4.57 Å². The molecular weight excluding hydrogens is 689 g/mol. The zero-order valence-electron chi connectivity index (χ0n) is 29.5. The lowest BCUT2D eigenvalue weighted by Crippen LogP contribution is -2.30. The van der Waals surface area contributed by atoms with Crippen LogP contribution in [0, 0.1) is 13.8 Å². The Morgan fingerprint density at radius 3 is 1.64 bits per heavy atom. The minimum Gasteiger partial charge on any atom is -0.507 e. The van der Waals surface area contributed by atoms with Crippen LogP contribution >= 0.6 is 0 Å². The fraction of sp³-hybridized carbons (Fsp3) is 0.163. The van der Waals surface area contributed by atoms with Gasteiger partial charge in [0.25, 0.3) is 10.1 Å². The predicted molar refractivity (Wildman–Crippen MR) is 203 cm³/mol. The number of pyridine rings is 2. The molecule has 5 N–H and O–H groups in total. The van der Waals surface area contributed by atoms with Crippen molar-refractivity contribution in [1.29, 1.82) is 0 Å². The third kappa shape index (κ3) is 7.37. The van der Waals surface area contributed by atoms with Crippen LogP contribution in [0.4, 0.5) is 0 Å². The van der Waals surface area contributed by atoms with Gasteiger partial charge in [-0.1, -0.05) is 48.0 Å². The molecule has 0 spiro atoms. The standard InChI is InChI=1S/C43H38N2O7S/c1-25-9-11-44-38(15-25)39-18-27(10-12-45(39)3)7-8-28-16-33-19-29-5-4-6-30(40(29)46)20-35-23-37(53(50,51)52)24-36(43(35)49)22-32-14-26(2)13-31(41(32)47)21-34(17-28)42(33)48/h4-18,23-24H,19-22H2,1-3H3,(H4,46,47,49,50,51,52)/p+1. The summed E-state index contributed by atoms with van der Waals surface area (Å²) in [6, 6.07) is 22.9. The van der Waals surface area contributed by atoms with E-state index in [1.165, 1.54) is 12.1 Å². The van der Waals surface area contributed by atoms with Crippen molar-refractivity contribution in [3.8, 4) is 34.4 Å². The summed E-state index contributed by atoms with van der Waals surface area (Å²) in [4.78, 5) is 4.16. The van der Waals surface area contributed by atoms with E-state index in [1.807, 2.05) is 80.2 Å². The molecule has 4 aromatic carbocycles. The first-order chi connectivity index (χ1) is 25.2. The predicted octanol–water partition coefficient (Wildman–Crippen LogP) is 7.11. The third-order valence-corrected chi connectivity index (χ3v) is 10.6. The SMILES string of the molecule is Cc1ccnc(-c2cc(/C=C/c3cc4c(O)c(c3)Cc3cc(C)cc(c3O)Cc3cc(S(=O)(=O)O)cc(c3O)Cc3cccc(c3O)C4)cc[n+]2C)c1. The smallest absolute Gasteiger partial charge is 0.294 e. The Kier molecular flexibility index (Phi) is 9.27. The van der Waals surface area contributed by atoms with E-state index in [-0.39, 0.29) is 59.8 Å². The van der Waals surface area contributed by atoms with Crippen LogP contribution in [-0.4, -0.2) is 38.4 Å². The molecule has 0 unspecified atom stereocenters. The quantitative estimate of drug-likeness (QED) is 0.0951. The zero-order valence-corrected chi connectivity index (χ0v) is 30.3. The van der Waals surface area contributed by atoms with Gasteiger partial charge in [0.1, 0.15) is 35.7 Å². The minimum absolute atomic E-state index is 0.0432. The second-order valence-corrected chi connectivity index (χ2v) is 15.2. The van der Waals surface area contributed by atoms with E-state index in [0.717, 1.165) is 33.6 Å². The number of phenolic OH excluding ortho intramolecular Hbond substituents is 4. The molecule has 0 amide bonds. The first-order valence-electron chi connectivity index (χ1n) is 17.1. The fourth-order valence-electron chi connectivity index (χ4n) is 7.07. The van der Waals surface area contributed by atoms with Gasteiger partial charge in [0.05, 0.1) is 4.90 Å². The largest absolute Gasteiger partial charge is 0.507 e. The van der Waals surface area contributed by atoms with Crippen LogP contribution in [0.3, 0.4) is 0 Å². The maximum Gasteiger partial charge on any atom is 0.294 e. The maximum atomic E-state index is 12.3. The highest BCUT2D eigenvalue weighted by Crippen LogP contribution is 2.39. The van der Waals surface area contributed by atoms with Gasteiger partial charge in [-0.3, -0.25) is 4.55 Å². The Morgan fingerprint density at radius 2 is 1.09 bits per heavy atom. The number of rotatable bonds is 4. The molecule has 268 valence electrons. The van der Waals surface area contributed by atoms with Gasteiger partial charge in [0.15, 0.2) is 6.20 Å². The number of hydrogen-bond acceptors (Lipinski definition) is 7. The van der Waals surface area contributed by atoms with E-state index in [2.05, 4.69) is 11.1 Å². The molecule has 0 fully saturated rings. The van der Waals surface area contributed by atoms with Gasteiger partial charge in [-0.25, -0.2) is 4.98 Å². The number of hydrogen-bond donors (Lipinski definition) is 5. The molecule has 10 heteroatoms. The highest BCUT2D eigenvalue weighted by molar-refractivity contribution is 7.85. The number of benzene rings is 4. The van der Waals surface area contributed by atoms with E-state index in [0.29, 0.717) is 33.4 Å². The summed E-state index contributed by atoms with van der Waals surface area (Å²) in [5.41, 5.74) is 8.82. The van der Waals surface area contributed by atoms with Crippen LogP contribution in [0.25, 0.3) is 23.5 Å². The lowest BCUT2D eigenvalue weighted by Gasteiger charge is -2.18. The molecule has 0 aliphatic heterocycles. The Hall–Kier alpha value is -5.97.